The highest BCUT2D eigenvalue weighted by atomic mass is 19.4. The fourth-order valence-electron chi connectivity index (χ4n) is 4.01. The van der Waals surface area contributed by atoms with Crippen LogP contribution >= 0.6 is 0 Å². The minimum absolute atomic E-state index is 0.142. The highest BCUT2D eigenvalue weighted by molar-refractivity contribution is 5.92. The summed E-state index contributed by atoms with van der Waals surface area (Å²) in [6.07, 6.45) is -1.51. The van der Waals surface area contributed by atoms with E-state index in [0.29, 0.717) is 11.5 Å². The van der Waals surface area contributed by atoms with Crippen LogP contribution in [0.1, 0.15) is 34.5 Å². The third-order valence-electron chi connectivity index (χ3n) is 5.80. The van der Waals surface area contributed by atoms with Gasteiger partial charge in [0.1, 0.15) is 5.75 Å². The summed E-state index contributed by atoms with van der Waals surface area (Å²) < 4.78 is 40.5. The molecule has 4 rings (SSSR count). The van der Waals surface area contributed by atoms with E-state index in [2.05, 4.69) is 49.4 Å². The largest absolute Gasteiger partial charge is 0.573 e. The summed E-state index contributed by atoms with van der Waals surface area (Å²) in [6, 6.07) is 19.2. The van der Waals surface area contributed by atoms with Crippen molar-refractivity contribution in [1.29, 1.82) is 0 Å². The second-order valence-corrected chi connectivity index (χ2v) is 8.27. The van der Waals surface area contributed by atoms with Crippen molar-refractivity contribution >= 4 is 11.7 Å². The van der Waals surface area contributed by atoms with Crippen LogP contribution in [0.5, 0.6) is 5.75 Å². The van der Waals surface area contributed by atoms with Gasteiger partial charge in [-0.3, -0.25) is 4.79 Å². The summed E-state index contributed by atoms with van der Waals surface area (Å²) >= 11 is 0. The molecule has 34 heavy (non-hydrogen) atoms. The number of benzene rings is 2. The number of ether oxygens (including phenoxy) is 1. The van der Waals surface area contributed by atoms with Crippen molar-refractivity contribution in [2.24, 2.45) is 5.92 Å². The average molecular weight is 470 g/mol. The van der Waals surface area contributed by atoms with Gasteiger partial charge >= 0.3 is 6.36 Å². The molecule has 1 saturated heterocycles. The molecule has 178 valence electrons. The molecule has 1 aliphatic rings. The number of alkyl halides is 3. The Morgan fingerprint density at radius 1 is 0.941 bits per heavy atom. The zero-order valence-electron chi connectivity index (χ0n) is 18.5. The molecular formula is C25H25F3N4O2. The Bertz CT molecular complexity index is 1070. The van der Waals surface area contributed by atoms with E-state index in [-0.39, 0.29) is 18.0 Å². The zero-order chi connectivity index (χ0) is 24.0. The first-order chi connectivity index (χ1) is 16.4. The molecule has 1 N–H and O–H groups in total. The van der Waals surface area contributed by atoms with Crippen LogP contribution in [0, 0.1) is 5.92 Å². The molecule has 1 fully saturated rings. The fourth-order valence-corrected chi connectivity index (χ4v) is 4.01. The van der Waals surface area contributed by atoms with Crippen LogP contribution < -0.4 is 15.0 Å². The van der Waals surface area contributed by atoms with Gasteiger partial charge in [-0.1, -0.05) is 42.5 Å². The molecule has 0 aliphatic carbocycles. The lowest BCUT2D eigenvalue weighted by molar-refractivity contribution is -0.274. The van der Waals surface area contributed by atoms with E-state index >= 15 is 0 Å². The lowest BCUT2D eigenvalue weighted by atomic mass is 9.90. The normalized spacial score (nSPS) is 14.6. The Morgan fingerprint density at radius 3 is 2.26 bits per heavy atom. The average Bonchev–Trinajstić information content (AvgIpc) is 2.84. The van der Waals surface area contributed by atoms with Crippen LogP contribution in [0.3, 0.4) is 0 Å². The summed E-state index contributed by atoms with van der Waals surface area (Å²) in [7, 11) is 0. The monoisotopic (exact) mass is 470 g/mol. The topological polar surface area (TPSA) is 67.3 Å². The summed E-state index contributed by atoms with van der Waals surface area (Å²) in [6.45, 7) is 1.93. The third kappa shape index (κ3) is 6.69. The van der Waals surface area contributed by atoms with Crippen LogP contribution in [0.4, 0.5) is 19.0 Å². The maximum absolute atomic E-state index is 12.4. The minimum atomic E-state index is -4.74. The van der Waals surface area contributed by atoms with Gasteiger partial charge in [-0.15, -0.1) is 23.4 Å². The molecular weight excluding hydrogens is 445 g/mol. The number of rotatable bonds is 7. The first-order valence-corrected chi connectivity index (χ1v) is 11.1. The number of hydrogen-bond donors (Lipinski definition) is 1. The number of halogens is 3. The van der Waals surface area contributed by atoms with E-state index in [1.807, 2.05) is 6.07 Å². The third-order valence-corrected chi connectivity index (χ3v) is 5.80. The number of carbonyl (C=O) groups is 1. The molecule has 9 heteroatoms. The molecule has 0 unspecified atom stereocenters. The van der Waals surface area contributed by atoms with E-state index in [1.54, 1.807) is 12.1 Å². The molecule has 2 aromatic carbocycles. The summed E-state index contributed by atoms with van der Waals surface area (Å²) in [4.78, 5) is 14.6. The predicted molar refractivity (Wildman–Crippen MR) is 121 cm³/mol. The van der Waals surface area contributed by atoms with E-state index in [1.165, 1.54) is 29.8 Å². The van der Waals surface area contributed by atoms with Gasteiger partial charge in [0.25, 0.3) is 5.91 Å². The van der Waals surface area contributed by atoms with Crippen molar-refractivity contribution in [1.82, 2.24) is 15.5 Å². The smallest absolute Gasteiger partial charge is 0.406 e. The lowest BCUT2D eigenvalue weighted by Gasteiger charge is -2.32. The van der Waals surface area contributed by atoms with E-state index in [9.17, 15) is 18.0 Å². The Morgan fingerprint density at radius 2 is 1.65 bits per heavy atom. The molecule has 0 spiro atoms. The van der Waals surface area contributed by atoms with E-state index < -0.39 is 12.3 Å². The number of carbonyl (C=O) groups excluding carboxylic acids is 1. The van der Waals surface area contributed by atoms with Crippen molar-refractivity contribution in [2.45, 2.75) is 32.2 Å². The van der Waals surface area contributed by atoms with Gasteiger partial charge in [0.2, 0.25) is 0 Å². The number of amides is 1. The van der Waals surface area contributed by atoms with Gasteiger partial charge in [0, 0.05) is 19.6 Å². The van der Waals surface area contributed by atoms with Crippen molar-refractivity contribution in [2.75, 3.05) is 18.0 Å². The van der Waals surface area contributed by atoms with Crippen molar-refractivity contribution in [3.63, 3.8) is 0 Å². The lowest BCUT2D eigenvalue weighted by Crippen LogP contribution is -2.35. The number of hydrogen-bond acceptors (Lipinski definition) is 5. The number of piperidine rings is 1. The number of anilines is 1. The zero-order valence-corrected chi connectivity index (χ0v) is 18.5. The molecule has 0 bridgehead atoms. The van der Waals surface area contributed by atoms with Crippen LogP contribution in [-0.2, 0) is 13.0 Å². The van der Waals surface area contributed by atoms with E-state index in [4.69, 9.17) is 0 Å². The number of nitrogens with one attached hydrogen (secondary N) is 1. The van der Waals surface area contributed by atoms with E-state index in [0.717, 1.165) is 38.2 Å². The highest BCUT2D eigenvalue weighted by Crippen LogP contribution is 2.25. The van der Waals surface area contributed by atoms with Crippen LogP contribution in [0.2, 0.25) is 0 Å². The van der Waals surface area contributed by atoms with Gasteiger partial charge in [0.05, 0.1) is 0 Å². The molecule has 1 aromatic heterocycles. The molecule has 0 atom stereocenters. The molecule has 3 aromatic rings. The van der Waals surface area contributed by atoms with Gasteiger partial charge < -0.3 is 15.0 Å². The maximum Gasteiger partial charge on any atom is 0.573 e. The van der Waals surface area contributed by atoms with Gasteiger partial charge in [-0.05, 0) is 60.6 Å². The minimum Gasteiger partial charge on any atom is -0.406 e. The number of aromatic nitrogens is 2. The second kappa shape index (κ2) is 10.5. The molecule has 1 amide bonds. The first kappa shape index (κ1) is 23.5. The predicted octanol–water partition coefficient (Wildman–Crippen LogP) is 4.76. The Kier molecular flexibility index (Phi) is 7.30. The molecule has 6 nitrogen and oxygen atoms in total. The van der Waals surface area contributed by atoms with Gasteiger partial charge in [0.15, 0.2) is 11.5 Å². The Labute approximate surface area is 195 Å². The molecule has 0 saturated carbocycles. The highest BCUT2D eigenvalue weighted by Gasteiger charge is 2.31. The van der Waals surface area contributed by atoms with Crippen LogP contribution in [-0.4, -0.2) is 35.6 Å². The second-order valence-electron chi connectivity index (χ2n) is 8.27. The van der Waals surface area contributed by atoms with Crippen molar-refractivity contribution in [3.05, 3.63) is 83.6 Å². The van der Waals surface area contributed by atoms with Crippen molar-refractivity contribution in [3.8, 4) is 5.75 Å². The standard InChI is InChI=1S/C25H25F3N4O2/c26-25(27,28)34-21-8-6-20(7-9-21)17-29-24(33)22-10-11-23(31-30-22)32-14-12-19(13-15-32)16-18-4-2-1-3-5-18/h1-11,19H,12-17H2,(H,29,33). The SMILES string of the molecule is O=C(NCc1ccc(OC(F)(F)F)cc1)c1ccc(N2CCC(Cc3ccccc3)CC2)nn1. The molecule has 2 heterocycles. The van der Waals surface area contributed by atoms with Crippen LogP contribution in [0.15, 0.2) is 66.7 Å². The first-order valence-electron chi connectivity index (χ1n) is 11.1. The molecule has 1 aliphatic heterocycles. The molecule has 0 radical (unpaired) electrons. The Balaban J connectivity index is 1.24. The van der Waals surface area contributed by atoms with Gasteiger partial charge in [-0.2, -0.15) is 0 Å². The van der Waals surface area contributed by atoms with Crippen molar-refractivity contribution < 1.29 is 22.7 Å². The quantitative estimate of drug-likeness (QED) is 0.539. The fraction of sp³-hybridized carbons (Fsp3) is 0.320. The Hall–Kier alpha value is -3.62. The summed E-state index contributed by atoms with van der Waals surface area (Å²) in [5.74, 6) is 0.671. The maximum atomic E-state index is 12.4. The summed E-state index contributed by atoms with van der Waals surface area (Å²) in [5.41, 5.74) is 2.17. The van der Waals surface area contributed by atoms with Gasteiger partial charge in [-0.25, -0.2) is 0 Å². The number of nitrogens with zero attached hydrogens (tertiary/aromatic N) is 3. The van der Waals surface area contributed by atoms with Crippen LogP contribution in [0.25, 0.3) is 0 Å². The summed E-state index contributed by atoms with van der Waals surface area (Å²) in [5, 5.41) is 11.0.